The minimum atomic E-state index is -0.543. The van der Waals surface area contributed by atoms with Gasteiger partial charge in [0.25, 0.3) is 0 Å². The number of aliphatic imine (C=N–C) groups is 1. The fourth-order valence-corrected chi connectivity index (χ4v) is 2.79. The molecule has 0 saturated heterocycles. The summed E-state index contributed by atoms with van der Waals surface area (Å²) in [5.41, 5.74) is 1.47. The van der Waals surface area contributed by atoms with E-state index in [2.05, 4.69) is 4.99 Å². The van der Waals surface area contributed by atoms with Crippen LogP contribution in [0.1, 0.15) is 18.1 Å². The number of carbonyl (C=O) groups excluding carboxylic acids is 1. The molecule has 0 N–H and O–H groups in total. The van der Waals surface area contributed by atoms with Crippen molar-refractivity contribution in [3.63, 3.8) is 0 Å². The summed E-state index contributed by atoms with van der Waals surface area (Å²) in [7, 11) is 1.52. The van der Waals surface area contributed by atoms with Crippen molar-refractivity contribution >= 4 is 41.1 Å². The van der Waals surface area contributed by atoms with Gasteiger partial charge in [-0.05, 0) is 55.0 Å². The predicted molar refractivity (Wildman–Crippen MR) is 101 cm³/mol. The molecule has 1 aliphatic rings. The van der Waals surface area contributed by atoms with Gasteiger partial charge in [-0.3, -0.25) is 0 Å². The number of hydrogen-bond donors (Lipinski definition) is 0. The van der Waals surface area contributed by atoms with E-state index in [1.807, 2.05) is 6.92 Å². The topological polar surface area (TPSA) is 57.1 Å². The van der Waals surface area contributed by atoms with Crippen LogP contribution < -0.4 is 9.47 Å². The van der Waals surface area contributed by atoms with Crippen molar-refractivity contribution in [3.05, 3.63) is 63.3 Å². The van der Waals surface area contributed by atoms with Gasteiger partial charge in [0.1, 0.15) is 0 Å². The first-order valence-electron chi connectivity index (χ1n) is 7.80. The monoisotopic (exact) mass is 391 g/mol. The van der Waals surface area contributed by atoms with Gasteiger partial charge < -0.3 is 14.2 Å². The highest BCUT2D eigenvalue weighted by Crippen LogP contribution is 2.37. The minimum Gasteiger partial charge on any atom is -0.493 e. The fraction of sp³-hybridized carbons (Fsp3) is 0.158. The average Bonchev–Trinajstić information content (AvgIpc) is 2.98. The maximum Gasteiger partial charge on any atom is 0.363 e. The lowest BCUT2D eigenvalue weighted by Crippen LogP contribution is -2.05. The maximum atomic E-state index is 12.1. The van der Waals surface area contributed by atoms with Gasteiger partial charge in [0.15, 0.2) is 17.2 Å². The molecule has 0 aliphatic carbocycles. The Morgan fingerprint density at radius 2 is 1.92 bits per heavy atom. The van der Waals surface area contributed by atoms with Gasteiger partial charge in [0.2, 0.25) is 5.90 Å². The number of carbonyl (C=O) groups is 1. The van der Waals surface area contributed by atoms with Crippen molar-refractivity contribution in [3.8, 4) is 11.5 Å². The van der Waals surface area contributed by atoms with E-state index in [1.54, 1.807) is 42.5 Å². The number of benzene rings is 2. The standard InChI is InChI=1S/C19H15Cl2NO4/c1-3-25-17-14(21)8-11(10-16(17)24-2)9-15-19(23)26-18(22-15)12-4-6-13(20)7-5-12/h4-10H,3H2,1-2H3/b15-9-. The fourth-order valence-electron chi connectivity index (χ4n) is 2.39. The number of hydrogen-bond acceptors (Lipinski definition) is 5. The van der Waals surface area contributed by atoms with Crippen LogP contribution in [-0.4, -0.2) is 25.6 Å². The van der Waals surface area contributed by atoms with E-state index in [9.17, 15) is 4.79 Å². The molecule has 7 heteroatoms. The summed E-state index contributed by atoms with van der Waals surface area (Å²) >= 11 is 12.1. The second kappa shape index (κ2) is 7.81. The summed E-state index contributed by atoms with van der Waals surface area (Å²) in [6.45, 7) is 2.31. The zero-order chi connectivity index (χ0) is 18.7. The lowest BCUT2D eigenvalue weighted by atomic mass is 10.1. The largest absolute Gasteiger partial charge is 0.493 e. The first kappa shape index (κ1) is 18.3. The van der Waals surface area contributed by atoms with Crippen LogP contribution in [-0.2, 0) is 9.53 Å². The van der Waals surface area contributed by atoms with Gasteiger partial charge in [0, 0.05) is 10.6 Å². The average molecular weight is 392 g/mol. The minimum absolute atomic E-state index is 0.164. The van der Waals surface area contributed by atoms with Crippen LogP contribution in [0.4, 0.5) is 0 Å². The summed E-state index contributed by atoms with van der Waals surface area (Å²) in [5.74, 6) is 0.610. The van der Waals surface area contributed by atoms with Gasteiger partial charge in [-0.15, -0.1) is 0 Å². The lowest BCUT2D eigenvalue weighted by molar-refractivity contribution is -0.129. The molecule has 5 nitrogen and oxygen atoms in total. The van der Waals surface area contributed by atoms with Crippen LogP contribution >= 0.6 is 23.2 Å². The third-order valence-electron chi connectivity index (χ3n) is 3.56. The third-order valence-corrected chi connectivity index (χ3v) is 4.09. The molecular weight excluding hydrogens is 377 g/mol. The Morgan fingerprint density at radius 1 is 1.19 bits per heavy atom. The normalized spacial score (nSPS) is 15.0. The lowest BCUT2D eigenvalue weighted by Gasteiger charge is -2.11. The van der Waals surface area contributed by atoms with Gasteiger partial charge in [-0.1, -0.05) is 23.2 Å². The number of methoxy groups -OCH3 is 1. The number of halogens is 2. The maximum absolute atomic E-state index is 12.1. The summed E-state index contributed by atoms with van der Waals surface area (Å²) < 4.78 is 16.0. The number of cyclic esters (lactones) is 1. The summed E-state index contributed by atoms with van der Waals surface area (Å²) in [5, 5.41) is 0.969. The van der Waals surface area contributed by atoms with Crippen molar-refractivity contribution in [2.75, 3.05) is 13.7 Å². The molecular formula is C19H15Cl2NO4. The molecule has 0 atom stereocenters. The third kappa shape index (κ3) is 3.84. The van der Waals surface area contributed by atoms with E-state index >= 15 is 0 Å². The molecule has 0 amide bonds. The number of rotatable bonds is 5. The van der Waals surface area contributed by atoms with Gasteiger partial charge in [-0.2, -0.15) is 0 Å². The first-order chi connectivity index (χ1) is 12.5. The van der Waals surface area contributed by atoms with Crippen molar-refractivity contribution in [1.29, 1.82) is 0 Å². The predicted octanol–water partition coefficient (Wildman–Crippen LogP) is 4.75. The Labute approximate surface area is 160 Å². The molecule has 0 saturated carbocycles. The SMILES string of the molecule is CCOc1c(Cl)cc(/C=C2\N=C(c3ccc(Cl)cc3)OC2=O)cc1OC. The van der Waals surface area contributed by atoms with Crippen molar-refractivity contribution in [1.82, 2.24) is 0 Å². The van der Waals surface area contributed by atoms with Crippen molar-refractivity contribution in [2.45, 2.75) is 6.92 Å². The van der Waals surface area contributed by atoms with Crippen LogP contribution in [0, 0.1) is 0 Å². The highest BCUT2D eigenvalue weighted by Gasteiger charge is 2.24. The Balaban J connectivity index is 1.95. The van der Waals surface area contributed by atoms with Crippen molar-refractivity contribution < 1.29 is 19.0 Å². The second-order valence-electron chi connectivity index (χ2n) is 5.31. The van der Waals surface area contributed by atoms with E-state index < -0.39 is 5.97 Å². The molecule has 2 aromatic rings. The number of ether oxygens (including phenoxy) is 3. The Morgan fingerprint density at radius 3 is 2.58 bits per heavy atom. The smallest absolute Gasteiger partial charge is 0.363 e. The molecule has 134 valence electrons. The molecule has 0 unspecified atom stereocenters. The summed E-state index contributed by atoms with van der Waals surface area (Å²) in [4.78, 5) is 16.4. The zero-order valence-electron chi connectivity index (χ0n) is 14.1. The Kier molecular flexibility index (Phi) is 5.49. The van der Waals surface area contributed by atoms with Crippen LogP contribution in [0.3, 0.4) is 0 Å². The van der Waals surface area contributed by atoms with Crippen LogP contribution in [0.25, 0.3) is 6.08 Å². The van der Waals surface area contributed by atoms with E-state index in [4.69, 9.17) is 37.4 Å². The molecule has 1 heterocycles. The molecule has 3 rings (SSSR count). The molecule has 0 radical (unpaired) electrons. The van der Waals surface area contributed by atoms with E-state index in [-0.39, 0.29) is 11.6 Å². The molecule has 0 spiro atoms. The summed E-state index contributed by atoms with van der Waals surface area (Å²) in [6, 6.07) is 10.2. The number of esters is 1. The molecule has 26 heavy (non-hydrogen) atoms. The second-order valence-corrected chi connectivity index (χ2v) is 6.15. The van der Waals surface area contributed by atoms with Gasteiger partial charge in [-0.25, -0.2) is 9.79 Å². The zero-order valence-corrected chi connectivity index (χ0v) is 15.6. The van der Waals surface area contributed by atoms with Gasteiger partial charge >= 0.3 is 5.97 Å². The number of nitrogens with zero attached hydrogens (tertiary/aromatic N) is 1. The van der Waals surface area contributed by atoms with E-state index in [1.165, 1.54) is 7.11 Å². The van der Waals surface area contributed by atoms with Crippen LogP contribution in [0.15, 0.2) is 47.1 Å². The van der Waals surface area contributed by atoms with Crippen LogP contribution in [0.2, 0.25) is 10.0 Å². The Bertz CT molecular complexity index is 905. The Hall–Kier alpha value is -2.50. The van der Waals surface area contributed by atoms with Crippen molar-refractivity contribution in [2.24, 2.45) is 4.99 Å². The first-order valence-corrected chi connectivity index (χ1v) is 8.56. The van der Waals surface area contributed by atoms with E-state index in [0.717, 1.165) is 0 Å². The molecule has 1 aliphatic heterocycles. The quantitative estimate of drug-likeness (QED) is 0.545. The molecule has 0 fully saturated rings. The van der Waals surface area contributed by atoms with E-state index in [0.29, 0.717) is 39.3 Å². The molecule has 0 bridgehead atoms. The summed E-state index contributed by atoms with van der Waals surface area (Å²) in [6.07, 6.45) is 1.58. The molecule has 2 aromatic carbocycles. The highest BCUT2D eigenvalue weighted by molar-refractivity contribution is 6.32. The van der Waals surface area contributed by atoms with Gasteiger partial charge in [0.05, 0.1) is 18.7 Å². The molecule has 0 aromatic heterocycles. The highest BCUT2D eigenvalue weighted by atomic mass is 35.5. The van der Waals surface area contributed by atoms with Crippen LogP contribution in [0.5, 0.6) is 11.5 Å².